The lowest BCUT2D eigenvalue weighted by atomic mass is 9.82. The van der Waals surface area contributed by atoms with Crippen LogP contribution in [0.5, 0.6) is 0 Å². The maximum absolute atomic E-state index is 8.85. The largest absolute Gasteiger partial charge is 0.198 e. The number of hydrogen-bond donors (Lipinski definition) is 0. The molecule has 0 aliphatic heterocycles. The van der Waals surface area contributed by atoms with Gasteiger partial charge in [0.05, 0.1) is 11.5 Å². The Morgan fingerprint density at radius 1 is 1.80 bits per heavy atom. The zero-order valence-corrected chi connectivity index (χ0v) is 6.99. The summed E-state index contributed by atoms with van der Waals surface area (Å²) in [6.07, 6.45) is 3.33. The third-order valence-corrected chi connectivity index (χ3v) is 3.14. The monoisotopic (exact) mass is 157 g/mol. The topological polar surface area (TPSA) is 23.8 Å². The van der Waals surface area contributed by atoms with Gasteiger partial charge in [0, 0.05) is 5.88 Å². The van der Waals surface area contributed by atoms with Gasteiger partial charge in [0.25, 0.3) is 0 Å². The summed E-state index contributed by atoms with van der Waals surface area (Å²) in [5.41, 5.74) is -0.193. The third kappa shape index (κ3) is 1.01. The van der Waals surface area contributed by atoms with Crippen LogP contribution in [0.15, 0.2) is 0 Å². The molecule has 0 aromatic carbocycles. The van der Waals surface area contributed by atoms with Gasteiger partial charge in [-0.25, -0.2) is 0 Å². The van der Waals surface area contributed by atoms with E-state index in [4.69, 9.17) is 16.9 Å². The van der Waals surface area contributed by atoms with Gasteiger partial charge in [-0.1, -0.05) is 13.3 Å². The van der Waals surface area contributed by atoms with Crippen LogP contribution in [0, 0.1) is 22.7 Å². The zero-order valence-electron chi connectivity index (χ0n) is 6.23. The summed E-state index contributed by atoms with van der Waals surface area (Å²) in [6.45, 7) is 2.12. The molecule has 1 aliphatic carbocycles. The number of rotatable bonds is 1. The number of nitriles is 1. The van der Waals surface area contributed by atoms with Crippen molar-refractivity contribution in [3.05, 3.63) is 0 Å². The lowest BCUT2D eigenvalue weighted by molar-refractivity contribution is 0.349. The molecular formula is C8H12ClN. The number of nitrogens with zero attached hydrogens (tertiary/aromatic N) is 1. The molecule has 1 rings (SSSR count). The molecule has 2 heteroatoms. The molecule has 0 bridgehead atoms. The van der Waals surface area contributed by atoms with Gasteiger partial charge in [-0.05, 0) is 18.8 Å². The van der Waals surface area contributed by atoms with Crippen molar-refractivity contribution in [2.75, 3.05) is 5.88 Å². The summed E-state index contributed by atoms with van der Waals surface area (Å²) >= 11 is 5.74. The Balaban J connectivity index is 2.74. The fourth-order valence-corrected chi connectivity index (χ4v) is 2.10. The van der Waals surface area contributed by atoms with Gasteiger partial charge in [0.2, 0.25) is 0 Å². The first-order valence-electron chi connectivity index (χ1n) is 3.72. The fraction of sp³-hybridized carbons (Fsp3) is 0.875. The summed E-state index contributed by atoms with van der Waals surface area (Å²) in [5.74, 6) is 1.00. The van der Waals surface area contributed by atoms with Gasteiger partial charge < -0.3 is 0 Å². The zero-order chi connectivity index (χ0) is 7.61. The minimum Gasteiger partial charge on any atom is -0.198 e. The Morgan fingerprint density at radius 2 is 2.50 bits per heavy atom. The van der Waals surface area contributed by atoms with Crippen LogP contribution < -0.4 is 0 Å². The molecule has 10 heavy (non-hydrogen) atoms. The van der Waals surface area contributed by atoms with Crippen molar-refractivity contribution >= 4 is 11.6 Å². The lowest BCUT2D eigenvalue weighted by Gasteiger charge is -2.21. The van der Waals surface area contributed by atoms with Crippen LogP contribution in [-0.4, -0.2) is 5.88 Å². The maximum atomic E-state index is 8.85. The quantitative estimate of drug-likeness (QED) is 0.537. The summed E-state index contributed by atoms with van der Waals surface area (Å²) < 4.78 is 0. The highest BCUT2D eigenvalue weighted by Crippen LogP contribution is 2.43. The predicted molar refractivity (Wildman–Crippen MR) is 41.8 cm³/mol. The van der Waals surface area contributed by atoms with Crippen LogP contribution in [0.4, 0.5) is 0 Å². The second-order valence-electron chi connectivity index (χ2n) is 3.19. The minimum atomic E-state index is -0.193. The van der Waals surface area contributed by atoms with E-state index in [-0.39, 0.29) is 5.41 Å². The van der Waals surface area contributed by atoms with Gasteiger partial charge in [0.15, 0.2) is 0 Å². The van der Waals surface area contributed by atoms with Crippen molar-refractivity contribution in [3.63, 3.8) is 0 Å². The molecule has 1 nitrogen and oxygen atoms in total. The van der Waals surface area contributed by atoms with Gasteiger partial charge in [0.1, 0.15) is 0 Å². The smallest absolute Gasteiger partial charge is 0.0734 e. The Bertz CT molecular complexity index is 161. The Morgan fingerprint density at radius 3 is 2.70 bits per heavy atom. The van der Waals surface area contributed by atoms with E-state index in [1.165, 1.54) is 12.8 Å². The van der Waals surface area contributed by atoms with E-state index in [0.717, 1.165) is 6.42 Å². The van der Waals surface area contributed by atoms with E-state index in [1.807, 2.05) is 0 Å². The number of halogens is 1. The molecule has 0 amide bonds. The Kier molecular flexibility index (Phi) is 2.21. The van der Waals surface area contributed by atoms with Gasteiger partial charge in [-0.3, -0.25) is 0 Å². The first-order valence-corrected chi connectivity index (χ1v) is 4.26. The van der Waals surface area contributed by atoms with E-state index in [1.54, 1.807) is 0 Å². The fourth-order valence-electron chi connectivity index (χ4n) is 1.64. The average molecular weight is 158 g/mol. The SMILES string of the molecule is CC1CCCC1(C#N)CCl. The van der Waals surface area contributed by atoms with Crippen molar-refractivity contribution in [2.45, 2.75) is 26.2 Å². The van der Waals surface area contributed by atoms with Crippen molar-refractivity contribution in [1.29, 1.82) is 5.26 Å². The molecule has 2 atom stereocenters. The normalized spacial score (nSPS) is 39.5. The molecule has 0 saturated heterocycles. The van der Waals surface area contributed by atoms with Crippen LogP contribution >= 0.6 is 11.6 Å². The van der Waals surface area contributed by atoms with Gasteiger partial charge in [-0.15, -0.1) is 11.6 Å². The summed E-state index contributed by atoms with van der Waals surface area (Å²) in [7, 11) is 0. The van der Waals surface area contributed by atoms with E-state index in [0.29, 0.717) is 11.8 Å². The lowest BCUT2D eigenvalue weighted by Crippen LogP contribution is -2.23. The molecule has 1 aliphatic rings. The summed E-state index contributed by atoms with van der Waals surface area (Å²) in [4.78, 5) is 0. The number of hydrogen-bond acceptors (Lipinski definition) is 1. The maximum Gasteiger partial charge on any atom is 0.0734 e. The van der Waals surface area contributed by atoms with Crippen molar-refractivity contribution in [3.8, 4) is 6.07 Å². The molecule has 0 N–H and O–H groups in total. The van der Waals surface area contributed by atoms with Crippen LogP contribution in [-0.2, 0) is 0 Å². The first kappa shape index (κ1) is 7.88. The molecule has 0 spiro atoms. The Hall–Kier alpha value is -0.220. The average Bonchev–Trinajstić information content (AvgIpc) is 2.32. The van der Waals surface area contributed by atoms with E-state index in [2.05, 4.69) is 13.0 Å². The molecule has 1 saturated carbocycles. The molecular weight excluding hydrogens is 146 g/mol. The van der Waals surface area contributed by atoms with Crippen LogP contribution in [0.2, 0.25) is 0 Å². The molecule has 1 fully saturated rings. The molecule has 0 aromatic heterocycles. The van der Waals surface area contributed by atoms with Crippen molar-refractivity contribution < 1.29 is 0 Å². The Labute approximate surface area is 67.0 Å². The predicted octanol–water partition coefficient (Wildman–Crippen LogP) is 2.56. The van der Waals surface area contributed by atoms with Crippen LogP contribution in [0.3, 0.4) is 0 Å². The molecule has 56 valence electrons. The van der Waals surface area contributed by atoms with Gasteiger partial charge >= 0.3 is 0 Å². The molecule has 2 unspecified atom stereocenters. The highest BCUT2D eigenvalue weighted by molar-refractivity contribution is 6.18. The highest BCUT2D eigenvalue weighted by Gasteiger charge is 2.39. The van der Waals surface area contributed by atoms with E-state index in [9.17, 15) is 0 Å². The van der Waals surface area contributed by atoms with Crippen LogP contribution in [0.25, 0.3) is 0 Å². The van der Waals surface area contributed by atoms with Crippen LogP contribution in [0.1, 0.15) is 26.2 Å². The van der Waals surface area contributed by atoms with Crippen molar-refractivity contribution in [1.82, 2.24) is 0 Å². The second-order valence-corrected chi connectivity index (χ2v) is 3.46. The molecule has 0 aromatic rings. The second kappa shape index (κ2) is 2.80. The van der Waals surface area contributed by atoms with Crippen molar-refractivity contribution in [2.24, 2.45) is 11.3 Å². The summed E-state index contributed by atoms with van der Waals surface area (Å²) in [5, 5.41) is 8.85. The minimum absolute atomic E-state index is 0.193. The third-order valence-electron chi connectivity index (χ3n) is 2.66. The standard InChI is InChI=1S/C8H12ClN/c1-7-3-2-4-8(7,5-9)6-10/h7H,2-5H2,1H3. The highest BCUT2D eigenvalue weighted by atomic mass is 35.5. The number of alkyl halides is 1. The first-order chi connectivity index (χ1) is 4.75. The van der Waals surface area contributed by atoms with E-state index < -0.39 is 0 Å². The molecule has 0 radical (unpaired) electrons. The van der Waals surface area contributed by atoms with E-state index >= 15 is 0 Å². The molecule has 0 heterocycles. The van der Waals surface area contributed by atoms with Gasteiger partial charge in [-0.2, -0.15) is 5.26 Å². The summed E-state index contributed by atoms with van der Waals surface area (Å²) in [6, 6.07) is 2.34.